The monoisotopic (exact) mass is 278 g/mol. The second kappa shape index (κ2) is 4.85. The first-order valence-corrected chi connectivity index (χ1v) is 5.88. The Morgan fingerprint density at radius 1 is 1.28 bits per heavy atom. The topological polar surface area (TPSA) is 45.8 Å². The van der Waals surface area contributed by atoms with Gasteiger partial charge in [-0.1, -0.05) is 23.2 Å². The van der Waals surface area contributed by atoms with Gasteiger partial charge in [-0.3, -0.25) is 9.36 Å². The number of pyridine rings is 1. The first-order valence-electron chi connectivity index (χ1n) is 5.12. The second-order valence-corrected chi connectivity index (χ2v) is 4.60. The maximum absolute atomic E-state index is 12.1. The number of aromatic nitrogens is 1. The van der Waals surface area contributed by atoms with E-state index in [9.17, 15) is 4.79 Å². The Kier molecular flexibility index (Phi) is 3.42. The minimum absolute atomic E-state index is 0.105. The van der Waals surface area contributed by atoms with Gasteiger partial charge < -0.3 is 0 Å². The van der Waals surface area contributed by atoms with E-state index in [1.165, 1.54) is 4.57 Å². The molecule has 2 aromatic rings. The van der Waals surface area contributed by atoms with Crippen molar-refractivity contribution in [2.75, 3.05) is 0 Å². The van der Waals surface area contributed by atoms with E-state index in [0.29, 0.717) is 21.3 Å². The van der Waals surface area contributed by atoms with Crippen LogP contribution in [0.25, 0.3) is 5.69 Å². The summed E-state index contributed by atoms with van der Waals surface area (Å²) in [5.41, 5.74) is 0.803. The van der Waals surface area contributed by atoms with Crippen molar-refractivity contribution in [3.05, 3.63) is 62.0 Å². The molecule has 2 rings (SSSR count). The smallest absolute Gasteiger partial charge is 0.273 e. The lowest BCUT2D eigenvalue weighted by Crippen LogP contribution is -2.21. The molecule has 0 saturated heterocycles. The molecule has 5 heteroatoms. The molecule has 0 spiro atoms. The number of nitriles is 1. The predicted molar refractivity (Wildman–Crippen MR) is 71.5 cm³/mol. The number of rotatable bonds is 1. The molecule has 18 heavy (non-hydrogen) atoms. The summed E-state index contributed by atoms with van der Waals surface area (Å²) in [6.45, 7) is 1.71. The standard InChI is InChI=1S/C13H8Cl2N2O/c1-8-4-5-17(13(18)10(8)7-16)12-6-9(14)2-3-11(12)15/h2-6H,1H3. The van der Waals surface area contributed by atoms with Crippen LogP contribution in [0.5, 0.6) is 0 Å². The highest BCUT2D eigenvalue weighted by Crippen LogP contribution is 2.23. The van der Waals surface area contributed by atoms with Crippen molar-refractivity contribution >= 4 is 23.2 Å². The highest BCUT2D eigenvalue weighted by atomic mass is 35.5. The molecule has 0 unspecified atom stereocenters. The highest BCUT2D eigenvalue weighted by Gasteiger charge is 2.10. The van der Waals surface area contributed by atoms with E-state index in [2.05, 4.69) is 0 Å². The first kappa shape index (κ1) is 12.7. The molecule has 0 atom stereocenters. The summed E-state index contributed by atoms with van der Waals surface area (Å²) < 4.78 is 1.32. The van der Waals surface area contributed by atoms with Gasteiger partial charge in [0.15, 0.2) is 0 Å². The fourth-order valence-corrected chi connectivity index (χ4v) is 2.00. The van der Waals surface area contributed by atoms with E-state index < -0.39 is 5.56 Å². The molecule has 3 nitrogen and oxygen atoms in total. The lowest BCUT2D eigenvalue weighted by Gasteiger charge is -2.09. The van der Waals surface area contributed by atoms with Crippen LogP contribution in [0.2, 0.25) is 10.0 Å². The number of halogens is 2. The van der Waals surface area contributed by atoms with Gasteiger partial charge in [0.1, 0.15) is 11.6 Å². The van der Waals surface area contributed by atoms with Crippen LogP contribution in [-0.4, -0.2) is 4.57 Å². The Labute approximate surface area is 114 Å². The lowest BCUT2D eigenvalue weighted by atomic mass is 10.1. The number of benzene rings is 1. The molecule has 0 bridgehead atoms. The largest absolute Gasteiger partial charge is 0.282 e. The van der Waals surface area contributed by atoms with Crippen molar-refractivity contribution in [3.63, 3.8) is 0 Å². The van der Waals surface area contributed by atoms with Crippen molar-refractivity contribution in [3.8, 4) is 11.8 Å². The third-order valence-electron chi connectivity index (χ3n) is 2.58. The predicted octanol–water partition coefficient (Wildman–Crippen LogP) is 3.32. The molecule has 0 fully saturated rings. The number of nitrogens with zero attached hydrogens (tertiary/aromatic N) is 2. The van der Waals surface area contributed by atoms with Crippen LogP contribution in [0.1, 0.15) is 11.1 Å². The van der Waals surface area contributed by atoms with Crippen LogP contribution < -0.4 is 5.56 Å². The van der Waals surface area contributed by atoms with Gasteiger partial charge in [-0.2, -0.15) is 5.26 Å². The molecule has 0 saturated carbocycles. The molecule has 0 amide bonds. The van der Waals surface area contributed by atoms with Crippen LogP contribution >= 0.6 is 23.2 Å². The number of hydrogen-bond donors (Lipinski definition) is 0. The van der Waals surface area contributed by atoms with Crippen LogP contribution in [0.4, 0.5) is 0 Å². The van der Waals surface area contributed by atoms with Gasteiger partial charge in [-0.25, -0.2) is 0 Å². The normalized spacial score (nSPS) is 10.1. The zero-order valence-corrected chi connectivity index (χ0v) is 11.0. The summed E-state index contributed by atoms with van der Waals surface area (Å²) in [5.74, 6) is 0. The molecule has 1 heterocycles. The lowest BCUT2D eigenvalue weighted by molar-refractivity contribution is 0.973. The minimum atomic E-state index is -0.401. The zero-order valence-electron chi connectivity index (χ0n) is 9.45. The third kappa shape index (κ3) is 2.13. The maximum atomic E-state index is 12.1. The SMILES string of the molecule is Cc1ccn(-c2cc(Cl)ccc2Cl)c(=O)c1C#N. The average molecular weight is 279 g/mol. The van der Waals surface area contributed by atoms with Gasteiger partial charge in [0.05, 0.1) is 10.7 Å². The summed E-state index contributed by atoms with van der Waals surface area (Å²) in [6, 6.07) is 8.42. The van der Waals surface area contributed by atoms with E-state index >= 15 is 0 Å². The molecule has 0 radical (unpaired) electrons. The minimum Gasteiger partial charge on any atom is -0.282 e. The highest BCUT2D eigenvalue weighted by molar-refractivity contribution is 6.34. The molecule has 1 aromatic heterocycles. The van der Waals surface area contributed by atoms with Gasteiger partial charge in [0.25, 0.3) is 5.56 Å². The van der Waals surface area contributed by atoms with Gasteiger partial charge in [-0.05, 0) is 36.8 Å². The summed E-state index contributed by atoms with van der Waals surface area (Å²) in [4.78, 5) is 12.1. The fraction of sp³-hybridized carbons (Fsp3) is 0.0769. The van der Waals surface area contributed by atoms with Crippen LogP contribution in [0.15, 0.2) is 35.3 Å². The van der Waals surface area contributed by atoms with Gasteiger partial charge in [0.2, 0.25) is 0 Å². The Hall–Kier alpha value is -1.76. The van der Waals surface area contributed by atoms with Gasteiger partial charge >= 0.3 is 0 Å². The number of aryl methyl sites for hydroxylation is 1. The molecular formula is C13H8Cl2N2O. The molecule has 90 valence electrons. The van der Waals surface area contributed by atoms with Crippen molar-refractivity contribution in [2.24, 2.45) is 0 Å². The molecule has 0 aliphatic heterocycles. The summed E-state index contributed by atoms with van der Waals surface area (Å²) in [7, 11) is 0. The zero-order chi connectivity index (χ0) is 13.3. The molecular weight excluding hydrogens is 271 g/mol. The fourth-order valence-electron chi connectivity index (χ4n) is 1.62. The quantitative estimate of drug-likeness (QED) is 0.803. The van der Waals surface area contributed by atoms with Crippen molar-refractivity contribution in [1.29, 1.82) is 5.26 Å². The Balaban J connectivity index is 2.77. The van der Waals surface area contributed by atoms with Crippen LogP contribution in [0.3, 0.4) is 0 Å². The van der Waals surface area contributed by atoms with E-state index in [1.807, 2.05) is 6.07 Å². The summed E-state index contributed by atoms with van der Waals surface area (Å²) in [5, 5.41) is 9.84. The van der Waals surface area contributed by atoms with Crippen LogP contribution in [0, 0.1) is 18.3 Å². The Morgan fingerprint density at radius 3 is 2.67 bits per heavy atom. The second-order valence-electron chi connectivity index (χ2n) is 3.76. The summed E-state index contributed by atoms with van der Waals surface area (Å²) >= 11 is 11.9. The van der Waals surface area contributed by atoms with Crippen molar-refractivity contribution in [2.45, 2.75) is 6.92 Å². The molecule has 0 aliphatic carbocycles. The first-order chi connectivity index (χ1) is 8.54. The van der Waals surface area contributed by atoms with E-state index in [-0.39, 0.29) is 5.56 Å². The van der Waals surface area contributed by atoms with Gasteiger partial charge in [-0.15, -0.1) is 0 Å². The van der Waals surface area contributed by atoms with Gasteiger partial charge in [0, 0.05) is 11.2 Å². The molecule has 0 N–H and O–H groups in total. The average Bonchev–Trinajstić information content (AvgIpc) is 2.34. The Bertz CT molecular complexity index is 714. The van der Waals surface area contributed by atoms with Crippen molar-refractivity contribution < 1.29 is 0 Å². The van der Waals surface area contributed by atoms with Crippen molar-refractivity contribution in [1.82, 2.24) is 4.57 Å². The maximum Gasteiger partial charge on any atom is 0.273 e. The van der Waals surface area contributed by atoms with E-state index in [0.717, 1.165) is 0 Å². The van der Waals surface area contributed by atoms with Crippen LogP contribution in [-0.2, 0) is 0 Å². The van der Waals surface area contributed by atoms with E-state index in [1.54, 1.807) is 37.4 Å². The van der Waals surface area contributed by atoms with E-state index in [4.69, 9.17) is 28.5 Å². The summed E-state index contributed by atoms with van der Waals surface area (Å²) in [6.07, 6.45) is 1.58. The third-order valence-corrected chi connectivity index (χ3v) is 3.13. The molecule has 0 aliphatic rings. The number of hydrogen-bond acceptors (Lipinski definition) is 2. The molecule has 1 aromatic carbocycles. The Morgan fingerprint density at radius 2 is 2.00 bits per heavy atom.